The Labute approximate surface area is 218 Å². The first-order valence-electron chi connectivity index (χ1n) is 11.8. The van der Waals surface area contributed by atoms with Gasteiger partial charge in [0.15, 0.2) is 0 Å². The number of halogens is 1. The first-order valence-corrected chi connectivity index (χ1v) is 12.6. The number of nitrogens with one attached hydrogen (secondary N) is 2. The van der Waals surface area contributed by atoms with Crippen LogP contribution in [0.15, 0.2) is 95.7 Å². The number of hydrogen-bond acceptors (Lipinski definition) is 4. The molecule has 0 bridgehead atoms. The second-order valence-corrected chi connectivity index (χ2v) is 9.60. The molecule has 1 aliphatic heterocycles. The summed E-state index contributed by atoms with van der Waals surface area (Å²) in [6, 6.07) is 24.9. The standard InChI is InChI=1S/C29H25BrN4O2/c30-24-9-3-8-22(15-24)28(35)33-25-10-11-27(34-14-12-21-6-1-2-7-23(21)19-34)26(16-25)29(36)32-18-20-5-4-13-31-17-20/h1-11,13,15-17H,12,14,18-19H2,(H,32,36)(H,33,35). The minimum Gasteiger partial charge on any atom is -0.366 e. The van der Waals surface area contributed by atoms with Crippen molar-refractivity contribution in [2.75, 3.05) is 16.8 Å². The number of carbonyl (C=O) groups excluding carboxylic acids is 2. The maximum Gasteiger partial charge on any atom is 0.255 e. The number of nitrogens with zero attached hydrogens (tertiary/aromatic N) is 2. The Morgan fingerprint density at radius 2 is 1.78 bits per heavy atom. The lowest BCUT2D eigenvalue weighted by Crippen LogP contribution is -2.33. The quantitative estimate of drug-likeness (QED) is 0.334. The molecule has 3 aromatic carbocycles. The molecule has 2 amide bonds. The van der Waals surface area contributed by atoms with Gasteiger partial charge in [0.25, 0.3) is 11.8 Å². The fourth-order valence-electron chi connectivity index (χ4n) is 4.39. The Bertz CT molecular complexity index is 1410. The van der Waals surface area contributed by atoms with E-state index < -0.39 is 0 Å². The molecule has 0 spiro atoms. The van der Waals surface area contributed by atoms with Crippen molar-refractivity contribution in [3.63, 3.8) is 0 Å². The van der Waals surface area contributed by atoms with E-state index in [1.54, 1.807) is 30.6 Å². The van der Waals surface area contributed by atoms with Crippen LogP contribution in [0.5, 0.6) is 0 Å². The summed E-state index contributed by atoms with van der Waals surface area (Å²) in [6.07, 6.45) is 4.35. The normalized spacial score (nSPS) is 12.5. The molecule has 5 rings (SSSR count). The topological polar surface area (TPSA) is 74.3 Å². The summed E-state index contributed by atoms with van der Waals surface area (Å²) in [6.45, 7) is 1.90. The second-order valence-electron chi connectivity index (χ2n) is 8.68. The molecule has 180 valence electrons. The third-order valence-corrected chi connectivity index (χ3v) is 6.73. The van der Waals surface area contributed by atoms with Crippen LogP contribution in [0.25, 0.3) is 0 Å². The second kappa shape index (κ2) is 10.7. The van der Waals surface area contributed by atoms with E-state index in [9.17, 15) is 9.59 Å². The molecule has 7 heteroatoms. The van der Waals surface area contributed by atoms with Crippen LogP contribution in [0.1, 0.15) is 37.4 Å². The van der Waals surface area contributed by atoms with E-state index >= 15 is 0 Å². The Balaban J connectivity index is 1.42. The number of rotatable bonds is 6. The average Bonchev–Trinajstić information content (AvgIpc) is 2.92. The number of anilines is 2. The number of carbonyl (C=O) groups is 2. The Hall–Kier alpha value is -3.97. The summed E-state index contributed by atoms with van der Waals surface area (Å²) in [5, 5.41) is 5.94. The van der Waals surface area contributed by atoms with Crippen molar-refractivity contribution >= 4 is 39.1 Å². The molecule has 0 saturated heterocycles. The van der Waals surface area contributed by atoms with Gasteiger partial charge in [0.05, 0.1) is 5.56 Å². The predicted molar refractivity (Wildman–Crippen MR) is 145 cm³/mol. The van der Waals surface area contributed by atoms with Crippen LogP contribution in [0.4, 0.5) is 11.4 Å². The zero-order valence-electron chi connectivity index (χ0n) is 19.6. The van der Waals surface area contributed by atoms with Gasteiger partial charge in [-0.2, -0.15) is 0 Å². The highest BCUT2D eigenvalue weighted by atomic mass is 79.9. The molecule has 0 atom stereocenters. The van der Waals surface area contributed by atoms with Gasteiger partial charge >= 0.3 is 0 Å². The van der Waals surface area contributed by atoms with Gasteiger partial charge in [0.2, 0.25) is 0 Å². The summed E-state index contributed by atoms with van der Waals surface area (Å²) in [5.74, 6) is -0.441. The van der Waals surface area contributed by atoms with E-state index in [4.69, 9.17) is 0 Å². The van der Waals surface area contributed by atoms with Gasteiger partial charge in [-0.15, -0.1) is 0 Å². The molecule has 4 aromatic rings. The molecule has 0 aliphatic carbocycles. The molecule has 6 nitrogen and oxygen atoms in total. The number of fused-ring (bicyclic) bond motifs is 1. The van der Waals surface area contributed by atoms with Gasteiger partial charge in [-0.25, -0.2) is 0 Å². The highest BCUT2D eigenvalue weighted by Gasteiger charge is 2.22. The summed E-state index contributed by atoms with van der Waals surface area (Å²) in [7, 11) is 0. The summed E-state index contributed by atoms with van der Waals surface area (Å²) in [5.41, 5.74) is 5.97. The predicted octanol–water partition coefficient (Wildman–Crippen LogP) is 5.59. The largest absolute Gasteiger partial charge is 0.366 e. The zero-order valence-corrected chi connectivity index (χ0v) is 21.2. The van der Waals surface area contributed by atoms with Gasteiger partial charge in [-0.05, 0) is 65.6 Å². The van der Waals surface area contributed by atoms with Crippen LogP contribution < -0.4 is 15.5 Å². The summed E-state index contributed by atoms with van der Waals surface area (Å²) in [4.78, 5) is 32.6. The first kappa shape index (κ1) is 23.8. The number of aromatic nitrogens is 1. The maximum atomic E-state index is 13.4. The van der Waals surface area contributed by atoms with Crippen LogP contribution in [0.2, 0.25) is 0 Å². The highest BCUT2D eigenvalue weighted by Crippen LogP contribution is 2.30. The SMILES string of the molecule is O=C(Nc1ccc(N2CCc3ccccc3C2)c(C(=O)NCc2cccnc2)c1)c1cccc(Br)c1. The van der Waals surface area contributed by atoms with Gasteiger partial charge in [-0.1, -0.05) is 52.3 Å². The minimum absolute atomic E-state index is 0.203. The molecule has 0 saturated carbocycles. The monoisotopic (exact) mass is 540 g/mol. The third-order valence-electron chi connectivity index (χ3n) is 6.23. The van der Waals surface area contributed by atoms with Crippen molar-refractivity contribution in [1.29, 1.82) is 0 Å². The van der Waals surface area contributed by atoms with E-state index in [0.29, 0.717) is 23.4 Å². The lowest BCUT2D eigenvalue weighted by Gasteiger charge is -2.32. The molecule has 36 heavy (non-hydrogen) atoms. The van der Waals surface area contributed by atoms with Crippen LogP contribution in [0.3, 0.4) is 0 Å². The van der Waals surface area contributed by atoms with Crippen LogP contribution in [-0.4, -0.2) is 23.3 Å². The Morgan fingerprint density at radius 1 is 0.917 bits per heavy atom. The third kappa shape index (κ3) is 5.47. The fraction of sp³-hybridized carbons (Fsp3) is 0.138. The molecule has 2 N–H and O–H groups in total. The molecular weight excluding hydrogens is 516 g/mol. The zero-order chi connectivity index (χ0) is 24.9. The molecule has 0 radical (unpaired) electrons. The smallest absolute Gasteiger partial charge is 0.255 e. The van der Waals surface area contributed by atoms with E-state index in [-0.39, 0.29) is 11.8 Å². The van der Waals surface area contributed by atoms with Gasteiger partial charge in [-0.3, -0.25) is 14.6 Å². The van der Waals surface area contributed by atoms with Crippen molar-refractivity contribution in [2.45, 2.75) is 19.5 Å². The van der Waals surface area contributed by atoms with Crippen molar-refractivity contribution < 1.29 is 9.59 Å². The number of benzene rings is 3. The van der Waals surface area contributed by atoms with Crippen molar-refractivity contribution in [1.82, 2.24) is 10.3 Å². The van der Waals surface area contributed by atoms with E-state index in [0.717, 1.165) is 35.2 Å². The maximum absolute atomic E-state index is 13.4. The van der Waals surface area contributed by atoms with Gasteiger partial charge < -0.3 is 15.5 Å². The van der Waals surface area contributed by atoms with E-state index in [2.05, 4.69) is 54.6 Å². The number of hydrogen-bond donors (Lipinski definition) is 2. The van der Waals surface area contributed by atoms with Crippen molar-refractivity contribution in [2.24, 2.45) is 0 Å². The summed E-state index contributed by atoms with van der Waals surface area (Å²) < 4.78 is 0.825. The molecule has 0 unspecified atom stereocenters. The van der Waals surface area contributed by atoms with Crippen LogP contribution in [-0.2, 0) is 19.5 Å². The first-order chi connectivity index (χ1) is 17.6. The van der Waals surface area contributed by atoms with Crippen molar-refractivity contribution in [3.05, 3.63) is 124 Å². The Kier molecular flexibility index (Phi) is 7.09. The molecule has 2 heterocycles. The fourth-order valence-corrected chi connectivity index (χ4v) is 4.79. The van der Waals surface area contributed by atoms with Crippen LogP contribution in [0, 0.1) is 0 Å². The molecular formula is C29H25BrN4O2. The number of amides is 2. The molecule has 0 fully saturated rings. The Morgan fingerprint density at radius 3 is 2.58 bits per heavy atom. The molecule has 1 aliphatic rings. The number of pyridine rings is 1. The van der Waals surface area contributed by atoms with Crippen LogP contribution >= 0.6 is 15.9 Å². The lowest BCUT2D eigenvalue weighted by atomic mass is 9.98. The lowest BCUT2D eigenvalue weighted by molar-refractivity contribution is 0.0950. The van der Waals surface area contributed by atoms with Gasteiger partial charge in [0.1, 0.15) is 0 Å². The van der Waals surface area contributed by atoms with Gasteiger partial charge in [0, 0.05) is 53.4 Å². The highest BCUT2D eigenvalue weighted by molar-refractivity contribution is 9.10. The minimum atomic E-state index is -0.238. The average molecular weight is 541 g/mol. The molecule has 1 aromatic heterocycles. The van der Waals surface area contributed by atoms with Crippen molar-refractivity contribution in [3.8, 4) is 0 Å². The van der Waals surface area contributed by atoms with E-state index in [1.165, 1.54) is 11.1 Å². The van der Waals surface area contributed by atoms with E-state index in [1.807, 2.05) is 42.5 Å². The summed E-state index contributed by atoms with van der Waals surface area (Å²) >= 11 is 3.41.